The summed E-state index contributed by atoms with van der Waals surface area (Å²) in [5.74, 6) is -0.129. The standard InChI is InChI=1S/C17H13FN.C11H20O2.Ir/c1-11-4-3-5-13(8-11)17-12(2)9-14-10-15(18)6-7-16(14)19-17;1-10(2,3)8(12)7-9(13)11(4,5)6;/h3-4,6-10H,1-2H3;7,12H,1-6H3;/q-1;;/b;8-7-;. The van der Waals surface area contributed by atoms with Crippen LogP contribution in [0.4, 0.5) is 4.39 Å². The third-order valence-corrected chi connectivity index (χ3v) is 4.95. The number of hydrogen-bond acceptors (Lipinski definition) is 3. The number of aliphatic hydroxyl groups is 1. The number of allylic oxidation sites excluding steroid dienone is 2. The van der Waals surface area contributed by atoms with Crippen LogP contribution in [0.2, 0.25) is 0 Å². The molecule has 0 atom stereocenters. The van der Waals surface area contributed by atoms with Crippen LogP contribution in [0, 0.1) is 36.6 Å². The van der Waals surface area contributed by atoms with E-state index in [1.807, 2.05) is 73.6 Å². The molecule has 1 N–H and O–H groups in total. The number of fused-ring (bicyclic) bond motifs is 1. The van der Waals surface area contributed by atoms with Crippen LogP contribution in [0.15, 0.2) is 54.3 Å². The summed E-state index contributed by atoms with van der Waals surface area (Å²) in [4.78, 5) is 16.1. The number of aliphatic hydroxyl groups excluding tert-OH is 1. The van der Waals surface area contributed by atoms with Gasteiger partial charge < -0.3 is 5.11 Å². The van der Waals surface area contributed by atoms with Crippen LogP contribution < -0.4 is 0 Å². The zero-order valence-electron chi connectivity index (χ0n) is 20.6. The van der Waals surface area contributed by atoms with Gasteiger partial charge in [0, 0.05) is 42.4 Å². The Kier molecular flexibility index (Phi) is 9.71. The molecule has 2 aromatic carbocycles. The first-order valence-corrected chi connectivity index (χ1v) is 10.7. The van der Waals surface area contributed by atoms with Crippen molar-refractivity contribution in [1.29, 1.82) is 0 Å². The Morgan fingerprint density at radius 1 is 1.00 bits per heavy atom. The first kappa shape index (κ1) is 28.7. The van der Waals surface area contributed by atoms with Gasteiger partial charge >= 0.3 is 0 Å². The molecule has 0 aliphatic heterocycles. The second-order valence-electron chi connectivity index (χ2n) is 10.2. The largest absolute Gasteiger partial charge is 0.512 e. The number of nitrogens with zero attached hydrogens (tertiary/aromatic N) is 1. The number of carbonyl (C=O) groups is 1. The van der Waals surface area contributed by atoms with Gasteiger partial charge in [-0.05, 0) is 30.8 Å². The molecule has 0 aliphatic carbocycles. The maximum atomic E-state index is 13.2. The van der Waals surface area contributed by atoms with Crippen molar-refractivity contribution in [3.05, 3.63) is 77.3 Å². The molecule has 0 fully saturated rings. The fraction of sp³-hybridized carbons (Fsp3) is 0.357. The van der Waals surface area contributed by atoms with E-state index in [0.29, 0.717) is 0 Å². The number of hydrogen-bond donors (Lipinski definition) is 1. The number of halogens is 1. The Bertz CT molecular complexity index is 1150. The minimum absolute atomic E-state index is 0. The fourth-order valence-electron chi connectivity index (χ4n) is 2.80. The van der Waals surface area contributed by atoms with Crippen molar-refractivity contribution in [3.63, 3.8) is 0 Å². The topological polar surface area (TPSA) is 50.2 Å². The second kappa shape index (κ2) is 11.2. The van der Waals surface area contributed by atoms with Gasteiger partial charge in [-0.2, -0.15) is 0 Å². The zero-order chi connectivity index (χ0) is 24.3. The number of ketones is 1. The number of benzene rings is 2. The summed E-state index contributed by atoms with van der Waals surface area (Å²) >= 11 is 0. The van der Waals surface area contributed by atoms with Crippen LogP contribution in [-0.2, 0) is 24.9 Å². The van der Waals surface area contributed by atoms with Gasteiger partial charge in [-0.25, -0.2) is 4.39 Å². The predicted octanol–water partition coefficient (Wildman–Crippen LogP) is 7.55. The molecule has 0 aliphatic rings. The normalized spacial score (nSPS) is 12.0. The van der Waals surface area contributed by atoms with Gasteiger partial charge in [-0.15, -0.1) is 35.4 Å². The van der Waals surface area contributed by atoms with Gasteiger partial charge in [0.15, 0.2) is 5.78 Å². The molecule has 3 rings (SSSR count). The van der Waals surface area contributed by atoms with Crippen LogP contribution in [0.3, 0.4) is 0 Å². The van der Waals surface area contributed by atoms with Crippen LogP contribution in [0.25, 0.3) is 22.2 Å². The van der Waals surface area contributed by atoms with Crippen LogP contribution in [0.1, 0.15) is 52.7 Å². The van der Waals surface area contributed by atoms with Crippen LogP contribution in [0.5, 0.6) is 0 Å². The van der Waals surface area contributed by atoms with Crippen LogP contribution in [-0.4, -0.2) is 15.9 Å². The number of rotatable bonds is 2. The summed E-state index contributed by atoms with van der Waals surface area (Å²) in [5, 5.41) is 10.4. The van der Waals surface area contributed by atoms with E-state index in [-0.39, 0.29) is 42.9 Å². The zero-order valence-corrected chi connectivity index (χ0v) is 23.0. The molecule has 1 heterocycles. The quantitative estimate of drug-likeness (QED) is 0.182. The molecule has 5 heteroatoms. The number of carbonyl (C=O) groups excluding carboxylic acids is 1. The average Bonchev–Trinajstić information content (AvgIpc) is 2.66. The number of aryl methyl sites for hydroxylation is 2. The average molecular weight is 627 g/mol. The molecule has 0 spiro atoms. The molecule has 0 amide bonds. The van der Waals surface area contributed by atoms with E-state index in [4.69, 9.17) is 0 Å². The Morgan fingerprint density at radius 3 is 2.18 bits per heavy atom. The molecule has 3 nitrogen and oxygen atoms in total. The molecular formula is C28H33FIrNO2-. The molecule has 0 unspecified atom stereocenters. The van der Waals surface area contributed by atoms with Gasteiger partial charge in [0.1, 0.15) is 11.6 Å². The van der Waals surface area contributed by atoms with Gasteiger partial charge in [0.25, 0.3) is 0 Å². The van der Waals surface area contributed by atoms with E-state index in [1.54, 1.807) is 6.07 Å². The van der Waals surface area contributed by atoms with E-state index in [1.165, 1.54) is 23.8 Å². The third-order valence-electron chi connectivity index (χ3n) is 4.95. The molecule has 0 saturated heterocycles. The molecule has 179 valence electrons. The van der Waals surface area contributed by atoms with Crippen molar-refractivity contribution < 1.29 is 34.4 Å². The maximum Gasteiger partial charge on any atom is 0.164 e. The molecule has 33 heavy (non-hydrogen) atoms. The van der Waals surface area contributed by atoms with E-state index < -0.39 is 5.41 Å². The van der Waals surface area contributed by atoms with Crippen LogP contribution >= 0.6 is 0 Å². The minimum atomic E-state index is -0.417. The molecule has 0 saturated carbocycles. The fourth-order valence-corrected chi connectivity index (χ4v) is 2.80. The van der Waals surface area contributed by atoms with Gasteiger partial charge in [0.2, 0.25) is 0 Å². The van der Waals surface area contributed by atoms with Crippen molar-refractivity contribution >= 4 is 16.7 Å². The summed E-state index contributed by atoms with van der Waals surface area (Å²) in [5.41, 5.74) is 4.12. The van der Waals surface area contributed by atoms with Gasteiger partial charge in [-0.3, -0.25) is 9.78 Å². The maximum absolute atomic E-state index is 13.2. The third kappa shape index (κ3) is 8.17. The summed E-state index contributed by atoms with van der Waals surface area (Å²) in [7, 11) is 0. The predicted molar refractivity (Wildman–Crippen MR) is 130 cm³/mol. The smallest absolute Gasteiger partial charge is 0.164 e. The van der Waals surface area contributed by atoms with Crippen molar-refractivity contribution in [2.45, 2.75) is 55.4 Å². The summed E-state index contributed by atoms with van der Waals surface area (Å²) in [6.07, 6.45) is 1.33. The van der Waals surface area contributed by atoms with Gasteiger partial charge in [0.05, 0.1) is 5.52 Å². The van der Waals surface area contributed by atoms with Crippen molar-refractivity contribution in [2.24, 2.45) is 10.8 Å². The van der Waals surface area contributed by atoms with Crippen molar-refractivity contribution in [2.75, 3.05) is 0 Å². The summed E-state index contributed by atoms with van der Waals surface area (Å²) < 4.78 is 13.2. The molecule has 0 bridgehead atoms. The first-order chi connectivity index (χ1) is 14.7. The van der Waals surface area contributed by atoms with E-state index in [9.17, 15) is 14.3 Å². The van der Waals surface area contributed by atoms with E-state index in [2.05, 4.69) is 17.1 Å². The molecule has 1 aromatic heterocycles. The Hall–Kier alpha value is -2.36. The first-order valence-electron chi connectivity index (χ1n) is 10.7. The Labute approximate surface area is 210 Å². The second-order valence-corrected chi connectivity index (χ2v) is 10.2. The summed E-state index contributed by atoms with van der Waals surface area (Å²) in [6.45, 7) is 15.1. The monoisotopic (exact) mass is 627 g/mol. The minimum Gasteiger partial charge on any atom is -0.512 e. The molecule has 1 radical (unpaired) electrons. The SMILES string of the molecule is CC(C)(C)C(=O)/C=C(\O)C(C)(C)C.Cc1cc[c-]c(-c2nc3ccc(F)cc3cc2C)c1.[Ir]. The summed E-state index contributed by atoms with van der Waals surface area (Å²) in [6, 6.07) is 15.8. The van der Waals surface area contributed by atoms with Gasteiger partial charge in [-0.1, -0.05) is 60.1 Å². The van der Waals surface area contributed by atoms with E-state index >= 15 is 0 Å². The number of pyridine rings is 1. The number of aromatic nitrogens is 1. The van der Waals surface area contributed by atoms with Crippen molar-refractivity contribution in [1.82, 2.24) is 4.98 Å². The van der Waals surface area contributed by atoms with E-state index in [0.717, 1.165) is 27.7 Å². The Morgan fingerprint density at radius 2 is 1.64 bits per heavy atom. The molecule has 3 aromatic rings. The molecular weight excluding hydrogens is 594 g/mol. The van der Waals surface area contributed by atoms with Crippen molar-refractivity contribution in [3.8, 4) is 11.3 Å². The Balaban J connectivity index is 0.000000346.